The number of amides is 3. The number of carbonyl (C=O) groups excluding carboxylic acids is 3. The highest BCUT2D eigenvalue weighted by molar-refractivity contribution is 7.85. The molecular weight excluding hydrogens is 448 g/mol. The van der Waals surface area contributed by atoms with Gasteiger partial charge in [0.05, 0.1) is 12.3 Å². The van der Waals surface area contributed by atoms with Crippen LogP contribution in [0.3, 0.4) is 0 Å². The topological polar surface area (TPSA) is 130 Å². The second-order valence-corrected chi connectivity index (χ2v) is 10.0. The minimum atomic E-state index is -4.01. The summed E-state index contributed by atoms with van der Waals surface area (Å²) in [7, 11) is -4.01. The molecule has 1 unspecified atom stereocenters. The molecule has 2 N–H and O–H groups in total. The number of aryl methyl sites for hydroxylation is 1. The molecule has 1 atom stereocenters. The molecule has 10 heteroatoms. The van der Waals surface area contributed by atoms with Crippen LogP contribution in [0.25, 0.3) is 0 Å². The molecule has 9 nitrogen and oxygen atoms in total. The van der Waals surface area contributed by atoms with Gasteiger partial charge in [-0.05, 0) is 43.0 Å². The third kappa shape index (κ3) is 4.76. The Labute approximate surface area is 191 Å². The Morgan fingerprint density at radius 3 is 2.45 bits per heavy atom. The first-order chi connectivity index (χ1) is 15.6. The van der Waals surface area contributed by atoms with Gasteiger partial charge in [-0.1, -0.05) is 30.3 Å². The largest absolute Gasteiger partial charge is 0.489 e. The monoisotopic (exact) mass is 472 g/mol. The quantitative estimate of drug-likeness (QED) is 0.465. The summed E-state index contributed by atoms with van der Waals surface area (Å²) in [5.74, 6) is -0.888. The maximum absolute atomic E-state index is 13.1. The molecule has 2 aromatic rings. The van der Waals surface area contributed by atoms with Crippen LogP contribution in [-0.4, -0.2) is 46.9 Å². The van der Waals surface area contributed by atoms with Gasteiger partial charge in [0.1, 0.15) is 17.9 Å². The second-order valence-electron chi connectivity index (χ2n) is 8.47. The van der Waals surface area contributed by atoms with Crippen molar-refractivity contribution in [3.8, 4) is 5.75 Å². The number of ether oxygens (including phenoxy) is 1. The molecule has 2 aliphatic rings. The fourth-order valence-electron chi connectivity index (χ4n) is 4.10. The van der Waals surface area contributed by atoms with Gasteiger partial charge in [-0.15, -0.1) is 0 Å². The average molecular weight is 473 g/mol. The van der Waals surface area contributed by atoms with Crippen LogP contribution in [0.15, 0.2) is 42.5 Å². The lowest BCUT2D eigenvalue weighted by atomic mass is 9.89. The maximum atomic E-state index is 13.1. The van der Waals surface area contributed by atoms with E-state index < -0.39 is 21.6 Å². The highest BCUT2D eigenvalue weighted by Crippen LogP contribution is 2.38. The van der Waals surface area contributed by atoms with Crippen LogP contribution in [-0.2, 0) is 39.3 Å². The fourth-order valence-corrected chi connectivity index (χ4v) is 4.59. The normalized spacial score (nSPS) is 20.5. The van der Waals surface area contributed by atoms with Crippen LogP contribution in [0.1, 0.15) is 46.8 Å². The van der Waals surface area contributed by atoms with E-state index in [0.29, 0.717) is 16.9 Å². The number of hydrogen-bond donors (Lipinski definition) is 2. The number of hydrogen-bond acceptors (Lipinski definition) is 6. The minimum Gasteiger partial charge on any atom is -0.489 e. The summed E-state index contributed by atoms with van der Waals surface area (Å²) >= 11 is 0. The summed E-state index contributed by atoms with van der Waals surface area (Å²) in [5, 5.41) is 2.33. The average Bonchev–Trinajstić information content (AvgIpc) is 3.12. The van der Waals surface area contributed by atoms with Gasteiger partial charge in [0, 0.05) is 17.5 Å². The smallest absolute Gasteiger partial charge is 0.265 e. The van der Waals surface area contributed by atoms with Gasteiger partial charge < -0.3 is 9.64 Å². The zero-order valence-corrected chi connectivity index (χ0v) is 18.9. The number of nitrogens with zero attached hydrogens (tertiary/aromatic N) is 1. The van der Waals surface area contributed by atoms with Gasteiger partial charge >= 0.3 is 0 Å². The van der Waals surface area contributed by atoms with Crippen molar-refractivity contribution in [2.45, 2.75) is 44.9 Å². The number of carbonyl (C=O) groups is 3. The number of fused-ring (bicyclic) bond motifs is 1. The summed E-state index contributed by atoms with van der Waals surface area (Å²) < 4.78 is 36.6. The third-order valence-corrected chi connectivity index (χ3v) is 6.89. The van der Waals surface area contributed by atoms with Gasteiger partial charge in [-0.3, -0.25) is 24.3 Å². The predicted octanol–water partition coefficient (Wildman–Crippen LogP) is 1.85. The van der Waals surface area contributed by atoms with Crippen LogP contribution < -0.4 is 10.1 Å². The first-order valence-electron chi connectivity index (χ1n) is 10.5. The van der Waals surface area contributed by atoms with E-state index in [9.17, 15) is 22.8 Å². The summed E-state index contributed by atoms with van der Waals surface area (Å²) in [5.41, 5.74) is 1.67. The highest BCUT2D eigenvalue weighted by atomic mass is 32.2. The molecule has 0 aliphatic carbocycles. The molecule has 33 heavy (non-hydrogen) atoms. The SMILES string of the molecule is CC1(N2Cc3c(OCc4ccc(CCS(=O)(=O)O)cc4)cccc3C2=O)CCC(=O)NC1=O. The molecule has 3 amide bonds. The van der Waals surface area contributed by atoms with Crippen molar-refractivity contribution >= 4 is 27.8 Å². The van der Waals surface area contributed by atoms with E-state index in [1.807, 2.05) is 12.1 Å². The van der Waals surface area contributed by atoms with Gasteiger partial charge in [-0.25, -0.2) is 0 Å². The number of imide groups is 1. The minimum absolute atomic E-state index is 0.173. The van der Waals surface area contributed by atoms with Crippen LogP contribution in [0.5, 0.6) is 5.75 Å². The number of piperidine rings is 1. The van der Waals surface area contributed by atoms with E-state index in [1.54, 1.807) is 37.3 Å². The Balaban J connectivity index is 1.46. The van der Waals surface area contributed by atoms with Gasteiger partial charge in [-0.2, -0.15) is 8.42 Å². The van der Waals surface area contributed by atoms with Crippen molar-refractivity contribution in [1.82, 2.24) is 10.2 Å². The van der Waals surface area contributed by atoms with Crippen molar-refractivity contribution in [3.63, 3.8) is 0 Å². The van der Waals surface area contributed by atoms with E-state index in [-0.39, 0.29) is 50.0 Å². The molecule has 0 bridgehead atoms. The van der Waals surface area contributed by atoms with Crippen LogP contribution in [0.2, 0.25) is 0 Å². The Morgan fingerprint density at radius 2 is 1.79 bits per heavy atom. The standard InChI is InChI=1S/C23H24N2O7S/c1-23(11-9-20(26)24-22(23)28)25-13-18-17(21(25)27)3-2-4-19(18)32-14-16-7-5-15(6-8-16)10-12-33(29,30)31/h2-8H,9-14H2,1H3,(H,24,26,28)(H,29,30,31). The van der Waals surface area contributed by atoms with Crippen LogP contribution >= 0.6 is 0 Å². The molecule has 0 aromatic heterocycles. The third-order valence-electron chi connectivity index (χ3n) is 6.17. The fraction of sp³-hybridized carbons (Fsp3) is 0.348. The molecule has 0 saturated carbocycles. The Morgan fingerprint density at radius 1 is 1.09 bits per heavy atom. The molecule has 0 radical (unpaired) electrons. The second kappa shape index (κ2) is 8.60. The van der Waals surface area contributed by atoms with E-state index in [4.69, 9.17) is 9.29 Å². The summed E-state index contributed by atoms with van der Waals surface area (Å²) in [6.07, 6.45) is 0.644. The van der Waals surface area contributed by atoms with Crippen molar-refractivity contribution in [2.75, 3.05) is 5.75 Å². The molecular formula is C23H24N2O7S. The molecule has 0 spiro atoms. The molecule has 174 valence electrons. The van der Waals surface area contributed by atoms with Crippen molar-refractivity contribution in [1.29, 1.82) is 0 Å². The number of benzene rings is 2. The van der Waals surface area contributed by atoms with Crippen LogP contribution in [0, 0.1) is 0 Å². The van der Waals surface area contributed by atoms with Gasteiger partial charge in [0.15, 0.2) is 0 Å². The Kier molecular flexibility index (Phi) is 5.98. The van der Waals surface area contributed by atoms with E-state index in [2.05, 4.69) is 5.32 Å². The number of nitrogens with one attached hydrogen (secondary N) is 1. The molecule has 4 rings (SSSR count). The predicted molar refractivity (Wildman–Crippen MR) is 118 cm³/mol. The van der Waals surface area contributed by atoms with Crippen molar-refractivity contribution < 1.29 is 32.1 Å². The van der Waals surface area contributed by atoms with Gasteiger partial charge in [0.25, 0.3) is 21.9 Å². The van der Waals surface area contributed by atoms with E-state index in [0.717, 1.165) is 11.1 Å². The number of rotatable bonds is 7. The van der Waals surface area contributed by atoms with Crippen molar-refractivity contribution in [3.05, 3.63) is 64.7 Å². The molecule has 1 fully saturated rings. The zero-order valence-electron chi connectivity index (χ0n) is 18.0. The van der Waals surface area contributed by atoms with E-state index in [1.165, 1.54) is 4.90 Å². The maximum Gasteiger partial charge on any atom is 0.265 e. The first-order valence-corrected chi connectivity index (χ1v) is 12.1. The van der Waals surface area contributed by atoms with Gasteiger partial charge in [0.2, 0.25) is 5.91 Å². The lowest BCUT2D eigenvalue weighted by Crippen LogP contribution is -2.61. The summed E-state index contributed by atoms with van der Waals surface area (Å²) in [6, 6.07) is 12.4. The summed E-state index contributed by atoms with van der Waals surface area (Å²) in [6.45, 7) is 2.11. The van der Waals surface area contributed by atoms with E-state index >= 15 is 0 Å². The lowest BCUT2D eigenvalue weighted by Gasteiger charge is -2.39. The molecule has 2 aliphatic heterocycles. The summed E-state index contributed by atoms with van der Waals surface area (Å²) in [4.78, 5) is 38.7. The molecule has 2 aromatic carbocycles. The van der Waals surface area contributed by atoms with Crippen molar-refractivity contribution in [2.24, 2.45) is 0 Å². The zero-order chi connectivity index (χ0) is 23.8. The molecule has 2 heterocycles. The van der Waals surface area contributed by atoms with Crippen LogP contribution in [0.4, 0.5) is 0 Å². The Hall–Kier alpha value is -3.24. The Bertz CT molecular complexity index is 1220. The first kappa shape index (κ1) is 22.9. The lowest BCUT2D eigenvalue weighted by molar-refractivity contribution is -0.142. The molecule has 1 saturated heterocycles. The highest BCUT2D eigenvalue weighted by Gasteiger charge is 2.48.